The Balaban J connectivity index is 1.65. The smallest absolute Gasteiger partial charge is 0.325 e. The molecule has 1 aromatic rings. The normalized spacial score (nSPS) is 21.1. The van der Waals surface area contributed by atoms with Crippen molar-refractivity contribution in [1.29, 1.82) is 0 Å². The largest absolute Gasteiger partial charge is 0.352 e. The SMILES string of the molecule is CC(C)NC(=O)CNC(=O)CN1C(=O)N[C@]2(CCc3ccccc32)C1=O. The van der Waals surface area contributed by atoms with Gasteiger partial charge in [0.1, 0.15) is 12.1 Å². The average Bonchev–Trinajstić information content (AvgIpc) is 3.07. The molecule has 0 unspecified atom stereocenters. The van der Waals surface area contributed by atoms with Gasteiger partial charge in [0.2, 0.25) is 11.8 Å². The van der Waals surface area contributed by atoms with Crippen molar-refractivity contribution in [3.63, 3.8) is 0 Å². The predicted molar refractivity (Wildman–Crippen MR) is 93.0 cm³/mol. The minimum Gasteiger partial charge on any atom is -0.352 e. The van der Waals surface area contributed by atoms with Gasteiger partial charge in [-0.05, 0) is 37.8 Å². The van der Waals surface area contributed by atoms with E-state index in [1.54, 1.807) is 0 Å². The molecule has 26 heavy (non-hydrogen) atoms. The van der Waals surface area contributed by atoms with Gasteiger partial charge in [-0.15, -0.1) is 0 Å². The lowest BCUT2D eigenvalue weighted by molar-refractivity contribution is -0.135. The highest BCUT2D eigenvalue weighted by Crippen LogP contribution is 2.41. The van der Waals surface area contributed by atoms with Crippen LogP contribution in [0.3, 0.4) is 0 Å². The maximum atomic E-state index is 12.9. The monoisotopic (exact) mass is 358 g/mol. The summed E-state index contributed by atoms with van der Waals surface area (Å²) in [5.74, 6) is -1.31. The molecule has 0 saturated carbocycles. The summed E-state index contributed by atoms with van der Waals surface area (Å²) in [4.78, 5) is 49.8. The van der Waals surface area contributed by atoms with Crippen LogP contribution in [0.5, 0.6) is 0 Å². The first kappa shape index (κ1) is 17.9. The second-order valence-electron chi connectivity index (χ2n) is 6.88. The van der Waals surface area contributed by atoms with Crippen molar-refractivity contribution in [2.45, 2.75) is 38.3 Å². The van der Waals surface area contributed by atoms with E-state index in [1.165, 1.54) is 0 Å². The third-order valence-corrected chi connectivity index (χ3v) is 4.62. The number of imide groups is 1. The zero-order valence-corrected chi connectivity index (χ0v) is 14.8. The quantitative estimate of drug-likeness (QED) is 0.645. The van der Waals surface area contributed by atoms with Gasteiger partial charge in [-0.2, -0.15) is 0 Å². The molecular formula is C18H22N4O4. The first-order valence-electron chi connectivity index (χ1n) is 8.62. The fraction of sp³-hybridized carbons (Fsp3) is 0.444. The molecule has 138 valence electrons. The number of rotatable bonds is 5. The summed E-state index contributed by atoms with van der Waals surface area (Å²) in [7, 11) is 0. The van der Waals surface area contributed by atoms with Gasteiger partial charge in [0.05, 0.1) is 6.54 Å². The number of carbonyl (C=O) groups excluding carboxylic acids is 4. The van der Waals surface area contributed by atoms with E-state index in [0.29, 0.717) is 12.8 Å². The molecule has 1 fully saturated rings. The van der Waals surface area contributed by atoms with Gasteiger partial charge in [0.25, 0.3) is 5.91 Å². The van der Waals surface area contributed by atoms with E-state index >= 15 is 0 Å². The first-order chi connectivity index (χ1) is 12.3. The molecule has 2 aliphatic rings. The summed E-state index contributed by atoms with van der Waals surface area (Å²) in [5.41, 5.74) is 0.735. The van der Waals surface area contributed by atoms with Crippen LogP contribution in [0.25, 0.3) is 0 Å². The summed E-state index contributed by atoms with van der Waals surface area (Å²) < 4.78 is 0. The van der Waals surface area contributed by atoms with Crippen molar-refractivity contribution in [1.82, 2.24) is 20.9 Å². The van der Waals surface area contributed by atoms with Crippen molar-refractivity contribution >= 4 is 23.8 Å². The van der Waals surface area contributed by atoms with E-state index in [1.807, 2.05) is 38.1 Å². The molecule has 1 aromatic carbocycles. The standard InChI is InChI=1S/C18H22N4O4/c1-11(2)20-14(23)9-19-15(24)10-22-16(25)18(21-17(22)26)8-7-12-5-3-4-6-13(12)18/h3-6,11H,7-10H2,1-2H3,(H,19,24)(H,20,23)(H,21,26)/t18-/m0/s1. The summed E-state index contributed by atoms with van der Waals surface area (Å²) in [6.45, 7) is 3.01. The van der Waals surface area contributed by atoms with Gasteiger partial charge >= 0.3 is 6.03 Å². The second kappa shape index (κ2) is 6.78. The predicted octanol–water partition coefficient (Wildman–Crippen LogP) is 0.0207. The number of aryl methyl sites for hydroxylation is 1. The summed E-state index contributed by atoms with van der Waals surface area (Å²) in [5, 5.41) is 7.84. The molecule has 3 N–H and O–H groups in total. The molecule has 0 radical (unpaired) electrons. The third-order valence-electron chi connectivity index (χ3n) is 4.62. The summed E-state index contributed by atoms with van der Waals surface area (Å²) >= 11 is 0. The first-order valence-corrected chi connectivity index (χ1v) is 8.62. The van der Waals surface area contributed by atoms with Gasteiger partial charge in [0.15, 0.2) is 0 Å². The maximum Gasteiger partial charge on any atom is 0.325 e. The van der Waals surface area contributed by atoms with E-state index in [9.17, 15) is 19.2 Å². The number of urea groups is 1. The molecule has 0 aromatic heterocycles. The molecule has 0 bridgehead atoms. The number of fused-ring (bicyclic) bond motifs is 2. The highest BCUT2D eigenvalue weighted by atomic mass is 16.2. The zero-order chi connectivity index (χ0) is 18.9. The fourth-order valence-electron chi connectivity index (χ4n) is 3.48. The van der Waals surface area contributed by atoms with E-state index in [0.717, 1.165) is 16.0 Å². The minimum atomic E-state index is -1.08. The third kappa shape index (κ3) is 3.14. The van der Waals surface area contributed by atoms with E-state index in [2.05, 4.69) is 16.0 Å². The number of nitrogens with one attached hydrogen (secondary N) is 3. The maximum absolute atomic E-state index is 12.9. The Morgan fingerprint density at radius 3 is 2.69 bits per heavy atom. The molecule has 3 rings (SSSR count). The zero-order valence-electron chi connectivity index (χ0n) is 14.8. The lowest BCUT2D eigenvalue weighted by atomic mass is 9.92. The van der Waals surface area contributed by atoms with Crippen LogP contribution in [-0.2, 0) is 26.3 Å². The summed E-state index contributed by atoms with van der Waals surface area (Å²) in [6, 6.07) is 6.87. The number of hydrogen-bond donors (Lipinski definition) is 3. The van der Waals surface area contributed by atoms with Crippen LogP contribution in [0, 0.1) is 0 Å². The van der Waals surface area contributed by atoms with E-state index < -0.39 is 29.9 Å². The lowest BCUT2D eigenvalue weighted by Crippen LogP contribution is -2.46. The number of hydrogen-bond acceptors (Lipinski definition) is 4. The molecule has 1 atom stereocenters. The van der Waals surface area contributed by atoms with Crippen LogP contribution in [0.15, 0.2) is 24.3 Å². The number of nitrogens with zero attached hydrogens (tertiary/aromatic N) is 1. The van der Waals surface area contributed by atoms with Crippen molar-refractivity contribution in [2.24, 2.45) is 0 Å². The molecule has 1 spiro atoms. The lowest BCUT2D eigenvalue weighted by Gasteiger charge is -2.22. The second-order valence-corrected chi connectivity index (χ2v) is 6.88. The Morgan fingerprint density at radius 1 is 1.23 bits per heavy atom. The molecule has 8 heteroatoms. The fourth-order valence-corrected chi connectivity index (χ4v) is 3.48. The Labute approximate surface area is 151 Å². The van der Waals surface area contributed by atoms with Crippen LogP contribution in [-0.4, -0.2) is 47.8 Å². The van der Waals surface area contributed by atoms with Crippen LogP contribution >= 0.6 is 0 Å². The number of benzene rings is 1. The number of amides is 5. The molecule has 1 aliphatic heterocycles. The molecule has 5 amide bonds. The van der Waals surface area contributed by atoms with Crippen LogP contribution in [0.2, 0.25) is 0 Å². The molecule has 1 aliphatic carbocycles. The molecule has 1 heterocycles. The molecule has 1 saturated heterocycles. The van der Waals surface area contributed by atoms with Crippen molar-refractivity contribution in [3.8, 4) is 0 Å². The van der Waals surface area contributed by atoms with Gasteiger partial charge in [-0.3, -0.25) is 19.3 Å². The van der Waals surface area contributed by atoms with Crippen LogP contribution < -0.4 is 16.0 Å². The molecular weight excluding hydrogens is 336 g/mol. The Kier molecular flexibility index (Phi) is 4.67. The Morgan fingerprint density at radius 2 is 1.96 bits per heavy atom. The Bertz CT molecular complexity index is 776. The number of carbonyl (C=O) groups is 4. The highest BCUT2D eigenvalue weighted by Gasteiger charge is 2.55. The van der Waals surface area contributed by atoms with Crippen LogP contribution in [0.1, 0.15) is 31.4 Å². The van der Waals surface area contributed by atoms with Gasteiger partial charge in [-0.1, -0.05) is 24.3 Å². The topological polar surface area (TPSA) is 108 Å². The van der Waals surface area contributed by atoms with Gasteiger partial charge in [-0.25, -0.2) is 4.79 Å². The van der Waals surface area contributed by atoms with Crippen LogP contribution in [0.4, 0.5) is 4.79 Å². The van der Waals surface area contributed by atoms with E-state index in [4.69, 9.17) is 0 Å². The molecule has 8 nitrogen and oxygen atoms in total. The average molecular weight is 358 g/mol. The highest BCUT2D eigenvalue weighted by molar-refractivity contribution is 6.10. The Hall–Kier alpha value is -2.90. The van der Waals surface area contributed by atoms with E-state index in [-0.39, 0.29) is 18.5 Å². The van der Waals surface area contributed by atoms with Crippen molar-refractivity contribution < 1.29 is 19.2 Å². The summed E-state index contributed by atoms with van der Waals surface area (Å²) in [6.07, 6.45) is 1.17. The van der Waals surface area contributed by atoms with Gasteiger partial charge < -0.3 is 16.0 Å². The van der Waals surface area contributed by atoms with Crippen molar-refractivity contribution in [3.05, 3.63) is 35.4 Å². The van der Waals surface area contributed by atoms with Gasteiger partial charge in [0, 0.05) is 6.04 Å². The van der Waals surface area contributed by atoms with Crippen molar-refractivity contribution in [2.75, 3.05) is 13.1 Å². The minimum absolute atomic E-state index is 0.0346.